The van der Waals surface area contributed by atoms with Gasteiger partial charge in [-0.05, 0) is 37.1 Å². The standard InChI is InChI=1S/C22H22N4O6S2/c1-5-31-21(28)19-12(2)14(10-23)20(34-19)24-17(27)11-33-22-26-25-18(32-22)9-13-6-7-15(29-3)16(8-13)30-4/h6-8H,5,9,11H2,1-4H3,(H,24,27). The van der Waals surface area contributed by atoms with Gasteiger partial charge in [0.2, 0.25) is 11.8 Å². The maximum Gasteiger partial charge on any atom is 0.348 e. The first-order valence-corrected chi connectivity index (χ1v) is 11.9. The lowest BCUT2D eigenvalue weighted by Crippen LogP contribution is -2.13. The number of rotatable bonds is 10. The van der Waals surface area contributed by atoms with E-state index in [1.165, 1.54) is 0 Å². The van der Waals surface area contributed by atoms with Gasteiger partial charge in [0.15, 0.2) is 11.5 Å². The summed E-state index contributed by atoms with van der Waals surface area (Å²) >= 11 is 2.08. The second-order valence-corrected chi connectivity index (χ2v) is 8.70. The number of ether oxygens (including phenoxy) is 3. The van der Waals surface area contributed by atoms with Gasteiger partial charge >= 0.3 is 5.97 Å². The van der Waals surface area contributed by atoms with Crippen LogP contribution in [0.15, 0.2) is 27.8 Å². The maximum absolute atomic E-state index is 12.4. The van der Waals surface area contributed by atoms with Gasteiger partial charge in [0.1, 0.15) is 15.9 Å². The van der Waals surface area contributed by atoms with Crippen LogP contribution in [0.4, 0.5) is 5.00 Å². The highest BCUT2D eigenvalue weighted by atomic mass is 32.2. The fourth-order valence-corrected chi connectivity index (χ4v) is 4.60. The first-order chi connectivity index (χ1) is 16.4. The van der Waals surface area contributed by atoms with Gasteiger partial charge in [-0.2, -0.15) is 5.26 Å². The summed E-state index contributed by atoms with van der Waals surface area (Å²) in [7, 11) is 3.12. The Kier molecular flexibility index (Phi) is 8.50. The van der Waals surface area contributed by atoms with Crippen molar-refractivity contribution < 1.29 is 28.2 Å². The zero-order valence-corrected chi connectivity index (χ0v) is 20.6. The lowest BCUT2D eigenvalue weighted by molar-refractivity contribution is -0.113. The number of hydrogen-bond acceptors (Lipinski definition) is 11. The second-order valence-electron chi connectivity index (χ2n) is 6.76. The molecule has 10 nitrogen and oxygen atoms in total. The summed E-state index contributed by atoms with van der Waals surface area (Å²) in [6.07, 6.45) is 0.386. The highest BCUT2D eigenvalue weighted by molar-refractivity contribution is 7.99. The number of carbonyl (C=O) groups is 2. The van der Waals surface area contributed by atoms with Crippen LogP contribution in [-0.4, -0.2) is 48.7 Å². The van der Waals surface area contributed by atoms with Gasteiger partial charge < -0.3 is 23.9 Å². The minimum Gasteiger partial charge on any atom is -0.493 e. The summed E-state index contributed by atoms with van der Waals surface area (Å²) in [5.41, 5.74) is 1.61. The molecular weight excluding hydrogens is 480 g/mol. The molecule has 0 saturated heterocycles. The van der Waals surface area contributed by atoms with E-state index in [0.29, 0.717) is 34.4 Å². The van der Waals surface area contributed by atoms with Crippen molar-refractivity contribution >= 4 is 40.0 Å². The van der Waals surface area contributed by atoms with Crippen LogP contribution in [0, 0.1) is 18.3 Å². The number of nitriles is 1. The molecule has 0 bridgehead atoms. The third kappa shape index (κ3) is 5.86. The van der Waals surface area contributed by atoms with E-state index in [1.807, 2.05) is 18.2 Å². The number of aromatic nitrogens is 2. The number of nitrogens with zero attached hydrogens (tertiary/aromatic N) is 3. The van der Waals surface area contributed by atoms with Crippen LogP contribution < -0.4 is 14.8 Å². The van der Waals surface area contributed by atoms with Gasteiger partial charge in [0, 0.05) is 0 Å². The first-order valence-electron chi connectivity index (χ1n) is 10.1. The number of thiophene rings is 1. The topological polar surface area (TPSA) is 137 Å². The normalized spacial score (nSPS) is 10.4. The average Bonchev–Trinajstić information content (AvgIpc) is 3.41. The van der Waals surface area contributed by atoms with Crippen LogP contribution in [0.2, 0.25) is 0 Å². The van der Waals surface area contributed by atoms with Gasteiger partial charge in [0.25, 0.3) is 5.22 Å². The summed E-state index contributed by atoms with van der Waals surface area (Å²) in [6.45, 7) is 3.56. The molecule has 2 aromatic heterocycles. The molecule has 0 fully saturated rings. The Balaban J connectivity index is 1.60. The van der Waals surface area contributed by atoms with E-state index >= 15 is 0 Å². The maximum atomic E-state index is 12.4. The number of amides is 1. The summed E-state index contributed by atoms with van der Waals surface area (Å²) in [4.78, 5) is 24.8. The molecule has 12 heteroatoms. The Bertz CT molecular complexity index is 1230. The van der Waals surface area contributed by atoms with Crippen molar-refractivity contribution in [2.45, 2.75) is 25.5 Å². The predicted molar refractivity (Wildman–Crippen MR) is 126 cm³/mol. The van der Waals surface area contributed by atoms with E-state index in [1.54, 1.807) is 34.1 Å². The zero-order valence-electron chi connectivity index (χ0n) is 19.0. The summed E-state index contributed by atoms with van der Waals surface area (Å²) in [5, 5.41) is 20.6. The largest absolute Gasteiger partial charge is 0.493 e. The van der Waals surface area contributed by atoms with Crippen LogP contribution in [0.25, 0.3) is 0 Å². The minimum absolute atomic E-state index is 0.0193. The van der Waals surface area contributed by atoms with E-state index in [-0.39, 0.29) is 33.9 Å². The Morgan fingerprint density at radius 2 is 2.00 bits per heavy atom. The Morgan fingerprint density at radius 1 is 1.24 bits per heavy atom. The molecule has 2 heterocycles. The van der Waals surface area contributed by atoms with E-state index in [9.17, 15) is 14.9 Å². The molecule has 0 saturated carbocycles. The van der Waals surface area contributed by atoms with Crippen molar-refractivity contribution in [2.75, 3.05) is 31.9 Å². The quantitative estimate of drug-likeness (QED) is 0.322. The number of hydrogen-bond donors (Lipinski definition) is 1. The van der Waals surface area contributed by atoms with Crippen molar-refractivity contribution in [2.24, 2.45) is 0 Å². The van der Waals surface area contributed by atoms with E-state index in [0.717, 1.165) is 28.7 Å². The van der Waals surface area contributed by atoms with Gasteiger partial charge in [-0.1, -0.05) is 17.8 Å². The first kappa shape index (κ1) is 25.1. The smallest absolute Gasteiger partial charge is 0.348 e. The zero-order chi connectivity index (χ0) is 24.7. The molecule has 0 aliphatic carbocycles. The van der Waals surface area contributed by atoms with Crippen molar-refractivity contribution in [1.29, 1.82) is 5.26 Å². The van der Waals surface area contributed by atoms with Gasteiger partial charge in [-0.25, -0.2) is 4.79 Å². The van der Waals surface area contributed by atoms with Crippen LogP contribution in [0.1, 0.15) is 39.2 Å². The molecular formula is C22H22N4O6S2. The van der Waals surface area contributed by atoms with E-state index < -0.39 is 5.97 Å². The summed E-state index contributed by atoms with van der Waals surface area (Å²) in [6, 6.07) is 7.51. The van der Waals surface area contributed by atoms with Crippen LogP contribution in [0.5, 0.6) is 11.5 Å². The minimum atomic E-state index is -0.524. The van der Waals surface area contributed by atoms with Gasteiger partial charge in [-0.3, -0.25) is 4.79 Å². The lowest BCUT2D eigenvalue weighted by Gasteiger charge is -2.08. The molecule has 1 aromatic carbocycles. The lowest BCUT2D eigenvalue weighted by atomic mass is 10.1. The van der Waals surface area contributed by atoms with Gasteiger partial charge in [-0.15, -0.1) is 21.5 Å². The second kappa shape index (κ2) is 11.5. The molecule has 34 heavy (non-hydrogen) atoms. The van der Waals surface area contributed by atoms with Crippen LogP contribution in [-0.2, 0) is 16.0 Å². The number of esters is 1. The third-order valence-corrected chi connectivity index (χ3v) is 6.56. The summed E-state index contributed by atoms with van der Waals surface area (Å²) in [5.74, 6) is 0.678. The number of methoxy groups -OCH3 is 2. The van der Waals surface area contributed by atoms with E-state index in [4.69, 9.17) is 18.6 Å². The Labute approximate surface area is 204 Å². The number of benzene rings is 1. The highest BCUT2D eigenvalue weighted by Crippen LogP contribution is 2.33. The van der Waals surface area contributed by atoms with Crippen LogP contribution in [0.3, 0.4) is 0 Å². The molecule has 0 unspecified atom stereocenters. The third-order valence-electron chi connectivity index (χ3n) is 4.55. The van der Waals surface area contributed by atoms with Crippen molar-refractivity contribution in [3.63, 3.8) is 0 Å². The molecule has 1 N–H and O–H groups in total. The van der Waals surface area contributed by atoms with E-state index in [2.05, 4.69) is 15.5 Å². The van der Waals surface area contributed by atoms with Crippen molar-refractivity contribution in [1.82, 2.24) is 10.2 Å². The molecule has 3 rings (SSSR count). The molecule has 0 spiro atoms. The Hall–Kier alpha value is -3.56. The SMILES string of the molecule is CCOC(=O)c1sc(NC(=O)CSc2nnc(Cc3ccc(OC)c(OC)c3)o2)c(C#N)c1C. The molecule has 0 aliphatic rings. The molecule has 178 valence electrons. The fraction of sp³-hybridized carbons (Fsp3) is 0.318. The van der Waals surface area contributed by atoms with Crippen LogP contribution >= 0.6 is 23.1 Å². The average molecular weight is 503 g/mol. The molecule has 1 amide bonds. The molecule has 0 radical (unpaired) electrons. The fourth-order valence-electron chi connectivity index (χ4n) is 2.95. The molecule has 0 aliphatic heterocycles. The van der Waals surface area contributed by atoms with Gasteiger partial charge in [0.05, 0.1) is 38.6 Å². The summed E-state index contributed by atoms with van der Waals surface area (Å²) < 4.78 is 21.2. The number of nitrogens with one attached hydrogen (secondary N) is 1. The highest BCUT2D eigenvalue weighted by Gasteiger charge is 2.22. The van der Waals surface area contributed by atoms with Crippen molar-refractivity contribution in [3.8, 4) is 17.6 Å². The monoisotopic (exact) mass is 502 g/mol. The Morgan fingerprint density at radius 3 is 2.68 bits per heavy atom. The molecule has 0 atom stereocenters. The predicted octanol–water partition coefficient (Wildman–Crippen LogP) is 3.83. The number of anilines is 1. The van der Waals surface area contributed by atoms with Crippen molar-refractivity contribution in [3.05, 3.63) is 45.7 Å². The number of carbonyl (C=O) groups excluding carboxylic acids is 2. The number of thioether (sulfide) groups is 1. The molecule has 3 aromatic rings.